The SMILES string of the molecule is CNS(=O)(=O)CCN1CCCC1=N. The van der Waals surface area contributed by atoms with Crippen LogP contribution in [0.4, 0.5) is 0 Å². The van der Waals surface area contributed by atoms with E-state index in [-0.39, 0.29) is 5.75 Å². The molecule has 6 heteroatoms. The predicted molar refractivity (Wildman–Crippen MR) is 51.4 cm³/mol. The van der Waals surface area contributed by atoms with Crippen molar-refractivity contribution in [2.75, 3.05) is 25.9 Å². The molecule has 76 valence electrons. The normalized spacial score (nSPS) is 18.2. The Morgan fingerprint density at radius 2 is 2.31 bits per heavy atom. The highest BCUT2D eigenvalue weighted by molar-refractivity contribution is 7.89. The van der Waals surface area contributed by atoms with Crippen molar-refractivity contribution in [3.63, 3.8) is 0 Å². The van der Waals surface area contributed by atoms with E-state index in [0.29, 0.717) is 12.4 Å². The molecule has 5 nitrogen and oxygen atoms in total. The highest BCUT2D eigenvalue weighted by Crippen LogP contribution is 2.09. The Morgan fingerprint density at radius 1 is 1.62 bits per heavy atom. The molecule has 13 heavy (non-hydrogen) atoms. The first kappa shape index (κ1) is 10.5. The van der Waals surface area contributed by atoms with E-state index in [9.17, 15) is 8.42 Å². The molecule has 1 saturated heterocycles. The average Bonchev–Trinajstić information content (AvgIpc) is 2.48. The van der Waals surface area contributed by atoms with E-state index in [1.807, 2.05) is 4.90 Å². The molecule has 0 aromatic rings. The number of nitrogens with one attached hydrogen (secondary N) is 2. The van der Waals surface area contributed by atoms with Crippen molar-refractivity contribution in [1.82, 2.24) is 9.62 Å². The molecule has 1 fully saturated rings. The third-order valence-electron chi connectivity index (χ3n) is 2.16. The molecule has 0 aliphatic carbocycles. The summed E-state index contributed by atoms with van der Waals surface area (Å²) in [6, 6.07) is 0. The molecule has 0 amide bonds. The lowest BCUT2D eigenvalue weighted by Crippen LogP contribution is -2.33. The Bertz CT molecular complexity index is 286. The number of hydrogen-bond donors (Lipinski definition) is 2. The van der Waals surface area contributed by atoms with Crippen LogP contribution in [0.3, 0.4) is 0 Å². The van der Waals surface area contributed by atoms with E-state index in [2.05, 4.69) is 4.72 Å². The number of rotatable bonds is 4. The van der Waals surface area contributed by atoms with Gasteiger partial charge in [0, 0.05) is 19.5 Å². The van der Waals surface area contributed by atoms with Crippen LogP contribution in [0.15, 0.2) is 0 Å². The molecular formula is C7H15N3O2S. The molecule has 0 bridgehead atoms. The van der Waals surface area contributed by atoms with Crippen LogP contribution in [0, 0.1) is 5.41 Å². The minimum absolute atomic E-state index is 0.0753. The number of nitrogens with zero attached hydrogens (tertiary/aromatic N) is 1. The van der Waals surface area contributed by atoms with Crippen LogP contribution >= 0.6 is 0 Å². The van der Waals surface area contributed by atoms with Crippen LogP contribution < -0.4 is 4.72 Å². The van der Waals surface area contributed by atoms with Gasteiger partial charge < -0.3 is 4.90 Å². The summed E-state index contributed by atoms with van der Waals surface area (Å²) >= 11 is 0. The van der Waals surface area contributed by atoms with Crippen molar-refractivity contribution in [1.29, 1.82) is 5.41 Å². The van der Waals surface area contributed by atoms with E-state index in [4.69, 9.17) is 5.41 Å². The lowest BCUT2D eigenvalue weighted by Gasteiger charge is -2.16. The fourth-order valence-corrected chi connectivity index (χ4v) is 1.97. The second-order valence-corrected chi connectivity index (χ2v) is 5.11. The predicted octanol–water partition coefficient (Wildman–Crippen LogP) is -0.391. The largest absolute Gasteiger partial charge is 0.359 e. The Hall–Kier alpha value is -0.620. The van der Waals surface area contributed by atoms with Crippen molar-refractivity contribution < 1.29 is 8.42 Å². The topological polar surface area (TPSA) is 73.3 Å². The standard InChI is InChI=1S/C7H15N3O2S/c1-9-13(11,12)6-5-10-4-2-3-7(10)8/h8-9H,2-6H2,1H3. The smallest absolute Gasteiger partial charge is 0.213 e. The van der Waals surface area contributed by atoms with Crippen molar-refractivity contribution >= 4 is 15.9 Å². The Balaban J connectivity index is 2.38. The quantitative estimate of drug-likeness (QED) is 0.656. The third-order valence-corrected chi connectivity index (χ3v) is 3.51. The van der Waals surface area contributed by atoms with Gasteiger partial charge in [-0.15, -0.1) is 0 Å². The highest BCUT2D eigenvalue weighted by atomic mass is 32.2. The van der Waals surface area contributed by atoms with Crippen LogP contribution in [0.25, 0.3) is 0 Å². The second kappa shape index (κ2) is 4.06. The van der Waals surface area contributed by atoms with Gasteiger partial charge in [0.05, 0.1) is 11.6 Å². The van der Waals surface area contributed by atoms with E-state index in [1.54, 1.807) is 0 Å². The molecule has 0 radical (unpaired) electrons. The summed E-state index contributed by atoms with van der Waals surface area (Å²) in [6.45, 7) is 1.25. The first-order chi connectivity index (χ1) is 6.05. The first-order valence-electron chi connectivity index (χ1n) is 4.29. The van der Waals surface area contributed by atoms with Crippen LogP contribution in [-0.2, 0) is 10.0 Å². The van der Waals surface area contributed by atoms with Gasteiger partial charge in [0.15, 0.2) is 0 Å². The number of amidine groups is 1. The van der Waals surface area contributed by atoms with Gasteiger partial charge in [-0.1, -0.05) is 0 Å². The maximum Gasteiger partial charge on any atom is 0.213 e. The molecule has 1 heterocycles. The van der Waals surface area contributed by atoms with Gasteiger partial charge in [0.1, 0.15) is 0 Å². The number of likely N-dealkylation sites (tertiary alicyclic amines) is 1. The van der Waals surface area contributed by atoms with Gasteiger partial charge in [-0.2, -0.15) is 0 Å². The number of hydrogen-bond acceptors (Lipinski definition) is 3. The fraction of sp³-hybridized carbons (Fsp3) is 0.857. The lowest BCUT2D eigenvalue weighted by atomic mass is 10.4. The average molecular weight is 205 g/mol. The van der Waals surface area contributed by atoms with Crippen LogP contribution in [0.2, 0.25) is 0 Å². The molecule has 1 aliphatic rings. The summed E-state index contributed by atoms with van der Waals surface area (Å²) in [6.07, 6.45) is 1.75. The molecule has 0 atom stereocenters. The molecule has 1 aliphatic heterocycles. The zero-order chi connectivity index (χ0) is 9.90. The van der Waals surface area contributed by atoms with Crippen molar-refractivity contribution in [2.24, 2.45) is 0 Å². The zero-order valence-electron chi connectivity index (χ0n) is 7.71. The Morgan fingerprint density at radius 3 is 2.77 bits per heavy atom. The van der Waals surface area contributed by atoms with Crippen LogP contribution in [0.5, 0.6) is 0 Å². The minimum Gasteiger partial charge on any atom is -0.359 e. The highest BCUT2D eigenvalue weighted by Gasteiger charge is 2.18. The molecule has 2 N–H and O–H groups in total. The number of sulfonamides is 1. The summed E-state index contributed by atoms with van der Waals surface area (Å²) in [7, 11) is -1.71. The summed E-state index contributed by atoms with van der Waals surface area (Å²) in [5.74, 6) is 0.637. The van der Waals surface area contributed by atoms with Gasteiger partial charge in [-0.3, -0.25) is 5.41 Å². The summed E-state index contributed by atoms with van der Waals surface area (Å²) in [5.41, 5.74) is 0. The van der Waals surface area contributed by atoms with E-state index in [1.165, 1.54) is 7.05 Å². The van der Waals surface area contributed by atoms with Crippen LogP contribution in [-0.4, -0.2) is 45.0 Å². The van der Waals surface area contributed by atoms with Crippen molar-refractivity contribution in [3.8, 4) is 0 Å². The summed E-state index contributed by atoms with van der Waals surface area (Å²) in [5, 5.41) is 7.48. The first-order valence-corrected chi connectivity index (χ1v) is 5.94. The molecule has 0 saturated carbocycles. The van der Waals surface area contributed by atoms with E-state index >= 15 is 0 Å². The molecular weight excluding hydrogens is 190 g/mol. The van der Waals surface area contributed by atoms with E-state index in [0.717, 1.165) is 19.4 Å². The van der Waals surface area contributed by atoms with E-state index < -0.39 is 10.0 Å². The second-order valence-electron chi connectivity index (χ2n) is 3.06. The maximum atomic E-state index is 11.1. The molecule has 0 aromatic carbocycles. The third kappa shape index (κ3) is 2.96. The maximum absolute atomic E-state index is 11.1. The van der Waals surface area contributed by atoms with Gasteiger partial charge in [-0.25, -0.2) is 13.1 Å². The molecule has 1 rings (SSSR count). The minimum atomic E-state index is -3.12. The van der Waals surface area contributed by atoms with Crippen molar-refractivity contribution in [2.45, 2.75) is 12.8 Å². The van der Waals surface area contributed by atoms with Crippen LogP contribution in [0.1, 0.15) is 12.8 Å². The fourth-order valence-electron chi connectivity index (χ4n) is 1.31. The monoisotopic (exact) mass is 205 g/mol. The molecule has 0 aromatic heterocycles. The summed E-state index contributed by atoms with van der Waals surface area (Å²) in [4.78, 5) is 1.81. The lowest BCUT2D eigenvalue weighted by molar-refractivity contribution is 0.472. The zero-order valence-corrected chi connectivity index (χ0v) is 8.52. The molecule has 0 unspecified atom stereocenters. The van der Waals surface area contributed by atoms with Gasteiger partial charge in [0.2, 0.25) is 10.0 Å². The van der Waals surface area contributed by atoms with Gasteiger partial charge in [0.25, 0.3) is 0 Å². The summed E-state index contributed by atoms with van der Waals surface area (Å²) < 4.78 is 24.4. The van der Waals surface area contributed by atoms with Gasteiger partial charge >= 0.3 is 0 Å². The van der Waals surface area contributed by atoms with Gasteiger partial charge in [-0.05, 0) is 13.5 Å². The molecule has 0 spiro atoms. The Labute approximate surface area is 78.7 Å². The van der Waals surface area contributed by atoms with Crippen molar-refractivity contribution in [3.05, 3.63) is 0 Å². The Kier molecular flexibility index (Phi) is 3.27.